The first-order valence-electron chi connectivity index (χ1n) is 10.4. The Balaban J connectivity index is 1.63. The minimum absolute atomic E-state index is 0.648. The molecule has 1 atom stereocenters. The summed E-state index contributed by atoms with van der Waals surface area (Å²) in [6.45, 7) is 11.4. The van der Waals surface area contributed by atoms with Crippen LogP contribution in [0.5, 0.6) is 0 Å². The average molecular weight is 370 g/mol. The van der Waals surface area contributed by atoms with E-state index >= 15 is 0 Å². The maximum Gasteiger partial charge on any atom is 0.194 e. The van der Waals surface area contributed by atoms with Gasteiger partial charge in [0, 0.05) is 45.0 Å². The van der Waals surface area contributed by atoms with Gasteiger partial charge < -0.3 is 15.1 Å². The van der Waals surface area contributed by atoms with Crippen molar-refractivity contribution in [2.24, 2.45) is 4.99 Å². The van der Waals surface area contributed by atoms with E-state index in [1.807, 2.05) is 0 Å². The molecule has 1 unspecified atom stereocenters. The highest BCUT2D eigenvalue weighted by molar-refractivity contribution is 5.79. The van der Waals surface area contributed by atoms with Gasteiger partial charge in [0.2, 0.25) is 0 Å². The topological polar surface area (TPSA) is 34.1 Å². The standard InChI is InChI=1S/C22H35N5/c1-4-23-22(25(3)18-21-12-9-15-26(21)5-2)24-17-19-10-8-11-20(16-19)27-13-6-7-14-27/h6-8,10-11,16,21H,4-5,9,12-15,17-18H2,1-3H3,(H,23,24). The van der Waals surface area contributed by atoms with Crippen LogP contribution in [0.15, 0.2) is 41.4 Å². The molecule has 1 saturated heterocycles. The van der Waals surface area contributed by atoms with Crippen LogP contribution in [0.4, 0.5) is 5.69 Å². The van der Waals surface area contributed by atoms with Crippen LogP contribution in [0.1, 0.15) is 32.3 Å². The SMILES string of the molecule is CCNC(=NCc1cccc(N2CC=CC2)c1)N(C)CC1CCCN1CC. The van der Waals surface area contributed by atoms with Gasteiger partial charge in [0.15, 0.2) is 5.96 Å². The van der Waals surface area contributed by atoms with E-state index in [4.69, 9.17) is 4.99 Å². The number of hydrogen-bond donors (Lipinski definition) is 1. The van der Waals surface area contributed by atoms with E-state index in [9.17, 15) is 0 Å². The van der Waals surface area contributed by atoms with E-state index in [-0.39, 0.29) is 0 Å². The molecule has 2 aliphatic rings. The number of benzene rings is 1. The predicted molar refractivity (Wildman–Crippen MR) is 116 cm³/mol. The van der Waals surface area contributed by atoms with Crippen molar-refractivity contribution in [3.8, 4) is 0 Å². The third-order valence-corrected chi connectivity index (χ3v) is 5.59. The molecule has 148 valence electrons. The maximum absolute atomic E-state index is 4.92. The molecular weight excluding hydrogens is 334 g/mol. The molecule has 1 aromatic rings. The molecule has 5 nitrogen and oxygen atoms in total. The molecule has 0 amide bonds. The predicted octanol–water partition coefficient (Wildman–Crippen LogP) is 2.94. The highest BCUT2D eigenvalue weighted by Crippen LogP contribution is 2.19. The van der Waals surface area contributed by atoms with Crippen molar-refractivity contribution < 1.29 is 0 Å². The number of likely N-dealkylation sites (tertiary alicyclic amines) is 1. The van der Waals surface area contributed by atoms with E-state index < -0.39 is 0 Å². The van der Waals surface area contributed by atoms with Gasteiger partial charge in [0.05, 0.1) is 6.54 Å². The summed E-state index contributed by atoms with van der Waals surface area (Å²) < 4.78 is 0. The second kappa shape index (κ2) is 9.79. The molecule has 0 bridgehead atoms. The summed E-state index contributed by atoms with van der Waals surface area (Å²) in [5.41, 5.74) is 2.55. The summed E-state index contributed by atoms with van der Waals surface area (Å²) in [4.78, 5) is 12.2. The lowest BCUT2D eigenvalue weighted by Crippen LogP contribution is -2.45. The van der Waals surface area contributed by atoms with Crippen LogP contribution < -0.4 is 10.2 Å². The minimum Gasteiger partial charge on any atom is -0.364 e. The molecule has 1 aromatic carbocycles. The number of rotatable bonds is 7. The minimum atomic E-state index is 0.648. The van der Waals surface area contributed by atoms with Crippen molar-refractivity contribution in [1.82, 2.24) is 15.1 Å². The second-order valence-corrected chi connectivity index (χ2v) is 7.52. The van der Waals surface area contributed by atoms with Crippen molar-refractivity contribution in [3.05, 3.63) is 42.0 Å². The summed E-state index contributed by atoms with van der Waals surface area (Å²) in [5.74, 6) is 1.01. The van der Waals surface area contributed by atoms with Gasteiger partial charge in [0.1, 0.15) is 0 Å². The Morgan fingerprint density at radius 1 is 1.26 bits per heavy atom. The van der Waals surface area contributed by atoms with Crippen molar-refractivity contribution in [2.75, 3.05) is 51.2 Å². The third-order valence-electron chi connectivity index (χ3n) is 5.59. The number of nitrogens with zero attached hydrogens (tertiary/aromatic N) is 4. The summed E-state index contributed by atoms with van der Waals surface area (Å²) in [6, 6.07) is 9.44. The van der Waals surface area contributed by atoms with Crippen LogP contribution in [0.2, 0.25) is 0 Å². The first-order chi connectivity index (χ1) is 13.2. The van der Waals surface area contributed by atoms with Crippen molar-refractivity contribution in [3.63, 3.8) is 0 Å². The van der Waals surface area contributed by atoms with Gasteiger partial charge in [-0.05, 0) is 50.6 Å². The van der Waals surface area contributed by atoms with Gasteiger partial charge in [-0.2, -0.15) is 0 Å². The lowest BCUT2D eigenvalue weighted by molar-refractivity contribution is 0.232. The molecule has 2 heterocycles. The molecule has 1 N–H and O–H groups in total. The lowest BCUT2D eigenvalue weighted by atomic mass is 10.2. The average Bonchev–Trinajstić information content (AvgIpc) is 3.37. The molecule has 3 rings (SSSR count). The summed E-state index contributed by atoms with van der Waals surface area (Å²) in [5, 5.41) is 3.47. The third kappa shape index (κ3) is 5.25. The molecular formula is C22H35N5. The van der Waals surface area contributed by atoms with Crippen molar-refractivity contribution in [2.45, 2.75) is 39.3 Å². The zero-order chi connectivity index (χ0) is 19.1. The van der Waals surface area contributed by atoms with Crippen LogP contribution in [-0.4, -0.2) is 68.1 Å². The molecule has 0 aromatic heterocycles. The van der Waals surface area contributed by atoms with Gasteiger partial charge >= 0.3 is 0 Å². The van der Waals surface area contributed by atoms with Crippen LogP contribution in [0.3, 0.4) is 0 Å². The zero-order valence-electron chi connectivity index (χ0n) is 17.2. The molecule has 0 radical (unpaired) electrons. The fourth-order valence-corrected chi connectivity index (χ4v) is 4.10. The van der Waals surface area contributed by atoms with Crippen LogP contribution >= 0.6 is 0 Å². The molecule has 5 heteroatoms. The first-order valence-corrected chi connectivity index (χ1v) is 10.4. The van der Waals surface area contributed by atoms with Crippen LogP contribution in [0, 0.1) is 0 Å². The number of hydrogen-bond acceptors (Lipinski definition) is 3. The quantitative estimate of drug-likeness (QED) is 0.455. The Kier molecular flexibility index (Phi) is 7.16. The zero-order valence-corrected chi connectivity index (χ0v) is 17.2. The maximum atomic E-state index is 4.92. The van der Waals surface area contributed by atoms with Crippen LogP contribution in [-0.2, 0) is 6.54 Å². The van der Waals surface area contributed by atoms with E-state index in [0.717, 1.165) is 38.7 Å². The van der Waals surface area contributed by atoms with E-state index in [0.29, 0.717) is 12.6 Å². The molecule has 0 spiro atoms. The normalized spacial score (nSPS) is 20.5. The Morgan fingerprint density at radius 3 is 2.81 bits per heavy atom. The number of aliphatic imine (C=N–C) groups is 1. The molecule has 0 aliphatic carbocycles. The number of likely N-dealkylation sites (N-methyl/N-ethyl adjacent to an activating group) is 2. The van der Waals surface area contributed by atoms with Gasteiger partial charge in [0.25, 0.3) is 0 Å². The Morgan fingerprint density at radius 2 is 2.07 bits per heavy atom. The van der Waals surface area contributed by atoms with E-state index in [1.54, 1.807) is 0 Å². The summed E-state index contributed by atoms with van der Waals surface area (Å²) in [6.07, 6.45) is 7.07. The summed E-state index contributed by atoms with van der Waals surface area (Å²) >= 11 is 0. The summed E-state index contributed by atoms with van der Waals surface area (Å²) in [7, 11) is 2.17. The van der Waals surface area contributed by atoms with Gasteiger partial charge in [-0.25, -0.2) is 4.99 Å². The van der Waals surface area contributed by atoms with Crippen LogP contribution in [0.25, 0.3) is 0 Å². The largest absolute Gasteiger partial charge is 0.364 e. The Bertz CT molecular complexity index is 646. The van der Waals surface area contributed by atoms with E-state index in [2.05, 4.69) is 77.3 Å². The van der Waals surface area contributed by atoms with Gasteiger partial charge in [-0.1, -0.05) is 31.2 Å². The van der Waals surface area contributed by atoms with Gasteiger partial charge in [-0.15, -0.1) is 0 Å². The highest BCUT2D eigenvalue weighted by atomic mass is 15.3. The molecule has 2 aliphatic heterocycles. The van der Waals surface area contributed by atoms with E-state index in [1.165, 1.54) is 30.6 Å². The lowest BCUT2D eigenvalue weighted by Gasteiger charge is -2.29. The molecule has 27 heavy (non-hydrogen) atoms. The first kappa shape index (κ1) is 19.7. The number of guanidine groups is 1. The Labute approximate surface area is 164 Å². The fraction of sp³-hybridized carbons (Fsp3) is 0.591. The Hall–Kier alpha value is -2.01. The molecule has 0 saturated carbocycles. The number of anilines is 1. The smallest absolute Gasteiger partial charge is 0.194 e. The molecule has 1 fully saturated rings. The highest BCUT2D eigenvalue weighted by Gasteiger charge is 2.24. The monoisotopic (exact) mass is 369 g/mol. The van der Waals surface area contributed by atoms with Crippen molar-refractivity contribution in [1.29, 1.82) is 0 Å². The number of nitrogens with one attached hydrogen (secondary N) is 1. The van der Waals surface area contributed by atoms with Crippen molar-refractivity contribution >= 4 is 11.6 Å². The fourth-order valence-electron chi connectivity index (χ4n) is 4.10. The second-order valence-electron chi connectivity index (χ2n) is 7.52. The van der Waals surface area contributed by atoms with Gasteiger partial charge in [-0.3, -0.25) is 4.90 Å².